The van der Waals surface area contributed by atoms with Crippen LogP contribution in [0, 0.1) is 5.82 Å². The van der Waals surface area contributed by atoms with Gasteiger partial charge in [0, 0.05) is 30.8 Å². The molecule has 1 aromatic rings. The Balaban J connectivity index is 2.18. The zero-order valence-electron chi connectivity index (χ0n) is 11.4. The number of piperazine rings is 1. The van der Waals surface area contributed by atoms with Crippen LogP contribution in [0.1, 0.15) is 29.3 Å². The molecule has 0 bridgehead atoms. The van der Waals surface area contributed by atoms with Crippen molar-refractivity contribution < 1.29 is 14.0 Å². The van der Waals surface area contributed by atoms with E-state index in [0.717, 1.165) is 0 Å². The molecule has 108 valence electrons. The lowest BCUT2D eigenvalue weighted by molar-refractivity contribution is -0.136. The first-order valence-corrected chi connectivity index (χ1v) is 6.63. The van der Waals surface area contributed by atoms with Crippen LogP contribution in [-0.2, 0) is 11.3 Å². The van der Waals surface area contributed by atoms with Gasteiger partial charge in [-0.2, -0.15) is 0 Å². The summed E-state index contributed by atoms with van der Waals surface area (Å²) in [6.45, 7) is 3.29. The van der Waals surface area contributed by atoms with Crippen LogP contribution in [0.15, 0.2) is 18.2 Å². The molecule has 2 rings (SSSR count). The Morgan fingerprint density at radius 1 is 1.55 bits per heavy atom. The summed E-state index contributed by atoms with van der Waals surface area (Å²) in [5.74, 6) is -1.08. The summed E-state index contributed by atoms with van der Waals surface area (Å²) in [5, 5.41) is 3.12. The Bertz CT molecular complexity index is 533. The number of primary amides is 1. The molecule has 6 heteroatoms. The van der Waals surface area contributed by atoms with Crippen molar-refractivity contribution in [1.82, 2.24) is 10.2 Å². The molecule has 1 aliphatic heterocycles. The molecule has 1 unspecified atom stereocenters. The molecule has 20 heavy (non-hydrogen) atoms. The number of benzene rings is 1. The predicted octanol–water partition coefficient (Wildman–Crippen LogP) is 0.635. The maximum absolute atomic E-state index is 13.8. The van der Waals surface area contributed by atoms with Crippen LogP contribution in [0.5, 0.6) is 0 Å². The topological polar surface area (TPSA) is 75.4 Å². The summed E-state index contributed by atoms with van der Waals surface area (Å²) in [5.41, 5.74) is 5.74. The van der Waals surface area contributed by atoms with Gasteiger partial charge in [-0.1, -0.05) is 6.92 Å². The molecule has 0 saturated carbocycles. The van der Waals surface area contributed by atoms with E-state index in [4.69, 9.17) is 5.73 Å². The number of rotatable bonds is 4. The molecule has 1 aliphatic rings. The van der Waals surface area contributed by atoms with Gasteiger partial charge < -0.3 is 16.0 Å². The van der Waals surface area contributed by atoms with E-state index in [1.807, 2.05) is 6.92 Å². The fourth-order valence-electron chi connectivity index (χ4n) is 2.32. The largest absolute Gasteiger partial charge is 0.366 e. The number of nitrogens with zero attached hydrogens (tertiary/aromatic N) is 1. The number of nitrogens with one attached hydrogen (secondary N) is 1. The molecule has 2 amide bonds. The van der Waals surface area contributed by atoms with Gasteiger partial charge in [-0.15, -0.1) is 0 Å². The van der Waals surface area contributed by atoms with E-state index in [0.29, 0.717) is 25.1 Å². The van der Waals surface area contributed by atoms with Gasteiger partial charge in [-0.25, -0.2) is 4.39 Å². The third-order valence-electron chi connectivity index (χ3n) is 3.48. The van der Waals surface area contributed by atoms with E-state index >= 15 is 0 Å². The monoisotopic (exact) mass is 279 g/mol. The maximum Gasteiger partial charge on any atom is 0.248 e. The van der Waals surface area contributed by atoms with Gasteiger partial charge in [0.2, 0.25) is 11.8 Å². The molecule has 5 nitrogen and oxygen atoms in total. The minimum absolute atomic E-state index is 0.0392. The Morgan fingerprint density at radius 3 is 2.95 bits per heavy atom. The lowest BCUT2D eigenvalue weighted by Crippen LogP contribution is -2.54. The minimum Gasteiger partial charge on any atom is -0.366 e. The summed E-state index contributed by atoms with van der Waals surface area (Å²) in [4.78, 5) is 24.9. The van der Waals surface area contributed by atoms with Gasteiger partial charge in [0.15, 0.2) is 0 Å². The second-order valence-corrected chi connectivity index (χ2v) is 4.85. The molecule has 1 atom stereocenters. The van der Waals surface area contributed by atoms with Crippen LogP contribution in [-0.4, -0.2) is 35.8 Å². The highest BCUT2D eigenvalue weighted by atomic mass is 19.1. The van der Waals surface area contributed by atoms with Crippen LogP contribution in [0.2, 0.25) is 0 Å². The van der Waals surface area contributed by atoms with Crippen LogP contribution >= 0.6 is 0 Å². The van der Waals surface area contributed by atoms with Crippen molar-refractivity contribution in [3.63, 3.8) is 0 Å². The standard InChI is InChI=1S/C14H18FN3O2/c1-2-12-14(20)18(6-5-17-12)8-10-7-9(13(16)19)3-4-11(10)15/h3-4,7,12,17H,2,5-6,8H2,1H3,(H2,16,19). The van der Waals surface area contributed by atoms with Crippen LogP contribution in [0.4, 0.5) is 4.39 Å². The maximum atomic E-state index is 13.8. The van der Waals surface area contributed by atoms with Crippen molar-refractivity contribution in [1.29, 1.82) is 0 Å². The van der Waals surface area contributed by atoms with Crippen LogP contribution in [0.3, 0.4) is 0 Å². The van der Waals surface area contributed by atoms with Crippen molar-refractivity contribution in [3.8, 4) is 0 Å². The number of hydrogen-bond donors (Lipinski definition) is 2. The molecule has 1 saturated heterocycles. The smallest absolute Gasteiger partial charge is 0.248 e. The van der Waals surface area contributed by atoms with Crippen molar-refractivity contribution in [2.45, 2.75) is 25.9 Å². The molecular weight excluding hydrogens is 261 g/mol. The summed E-state index contributed by atoms with van der Waals surface area (Å²) in [6, 6.07) is 3.74. The highest BCUT2D eigenvalue weighted by molar-refractivity contribution is 5.93. The van der Waals surface area contributed by atoms with Crippen molar-refractivity contribution in [2.75, 3.05) is 13.1 Å². The third-order valence-corrected chi connectivity index (χ3v) is 3.48. The highest BCUT2D eigenvalue weighted by Crippen LogP contribution is 2.15. The Hall–Kier alpha value is -1.95. The van der Waals surface area contributed by atoms with Gasteiger partial charge in [-0.3, -0.25) is 9.59 Å². The molecule has 1 fully saturated rings. The predicted molar refractivity (Wildman–Crippen MR) is 72.4 cm³/mol. The summed E-state index contributed by atoms with van der Waals surface area (Å²) < 4.78 is 13.8. The number of hydrogen-bond acceptors (Lipinski definition) is 3. The molecule has 1 heterocycles. The molecule has 0 radical (unpaired) electrons. The quantitative estimate of drug-likeness (QED) is 0.849. The van der Waals surface area contributed by atoms with E-state index in [1.54, 1.807) is 4.90 Å². The molecular formula is C14H18FN3O2. The normalized spacial score (nSPS) is 19.2. The van der Waals surface area contributed by atoms with Gasteiger partial charge in [0.1, 0.15) is 5.82 Å². The highest BCUT2D eigenvalue weighted by Gasteiger charge is 2.27. The summed E-state index contributed by atoms with van der Waals surface area (Å²) in [6.07, 6.45) is 0.694. The first-order chi connectivity index (χ1) is 9.52. The van der Waals surface area contributed by atoms with Crippen molar-refractivity contribution >= 4 is 11.8 Å². The molecule has 0 aliphatic carbocycles. The van der Waals surface area contributed by atoms with E-state index in [2.05, 4.69) is 5.32 Å². The second-order valence-electron chi connectivity index (χ2n) is 4.85. The van der Waals surface area contributed by atoms with Gasteiger partial charge in [0.05, 0.1) is 6.04 Å². The van der Waals surface area contributed by atoms with Crippen molar-refractivity contribution in [2.24, 2.45) is 5.73 Å². The van der Waals surface area contributed by atoms with Crippen LogP contribution < -0.4 is 11.1 Å². The third kappa shape index (κ3) is 2.96. The zero-order chi connectivity index (χ0) is 14.7. The zero-order valence-corrected chi connectivity index (χ0v) is 11.4. The number of carbonyl (C=O) groups excluding carboxylic acids is 2. The van der Waals surface area contributed by atoms with E-state index in [9.17, 15) is 14.0 Å². The average molecular weight is 279 g/mol. The first-order valence-electron chi connectivity index (χ1n) is 6.63. The fraction of sp³-hybridized carbons (Fsp3) is 0.429. The van der Waals surface area contributed by atoms with Gasteiger partial charge in [0.25, 0.3) is 0 Å². The lowest BCUT2D eigenvalue weighted by Gasteiger charge is -2.33. The summed E-state index contributed by atoms with van der Waals surface area (Å²) >= 11 is 0. The minimum atomic E-state index is -0.607. The van der Waals surface area contributed by atoms with E-state index in [-0.39, 0.29) is 24.1 Å². The SMILES string of the molecule is CCC1NCCN(Cc2cc(C(N)=O)ccc2F)C1=O. The number of halogens is 1. The average Bonchev–Trinajstić information content (AvgIpc) is 2.43. The molecule has 0 aromatic heterocycles. The van der Waals surface area contributed by atoms with Gasteiger partial charge in [-0.05, 0) is 24.6 Å². The number of carbonyl (C=O) groups is 2. The molecule has 1 aromatic carbocycles. The number of nitrogens with two attached hydrogens (primary N) is 1. The first kappa shape index (κ1) is 14.5. The fourth-order valence-corrected chi connectivity index (χ4v) is 2.32. The van der Waals surface area contributed by atoms with Gasteiger partial charge >= 0.3 is 0 Å². The lowest BCUT2D eigenvalue weighted by atomic mass is 10.1. The molecule has 0 spiro atoms. The van der Waals surface area contributed by atoms with Crippen molar-refractivity contribution in [3.05, 3.63) is 35.1 Å². The second kappa shape index (κ2) is 6.00. The summed E-state index contributed by atoms with van der Waals surface area (Å²) in [7, 11) is 0. The number of amides is 2. The molecule has 3 N–H and O–H groups in total. The Kier molecular flexibility index (Phi) is 4.34. The van der Waals surface area contributed by atoms with E-state index < -0.39 is 11.7 Å². The Morgan fingerprint density at radius 2 is 2.30 bits per heavy atom. The van der Waals surface area contributed by atoms with E-state index in [1.165, 1.54) is 18.2 Å². The Labute approximate surface area is 116 Å². The van der Waals surface area contributed by atoms with Crippen LogP contribution in [0.25, 0.3) is 0 Å².